The van der Waals surface area contributed by atoms with Crippen LogP contribution in [-0.2, 0) is 14.8 Å². The molecule has 8 nitrogen and oxygen atoms in total. The number of anilines is 1. The second-order valence-corrected chi connectivity index (χ2v) is 11.7. The number of hydrogen-bond acceptors (Lipinski definition) is 7. The molecule has 0 spiro atoms. The number of ether oxygens (including phenoxy) is 2. The van der Waals surface area contributed by atoms with Crippen LogP contribution in [0.15, 0.2) is 63.9 Å². The van der Waals surface area contributed by atoms with E-state index in [0.29, 0.717) is 22.9 Å². The molecule has 40 heavy (non-hydrogen) atoms. The van der Waals surface area contributed by atoms with Gasteiger partial charge in [-0.25, -0.2) is 22.6 Å². The fourth-order valence-electron chi connectivity index (χ4n) is 5.27. The van der Waals surface area contributed by atoms with Crippen LogP contribution in [0.3, 0.4) is 0 Å². The second-order valence-electron chi connectivity index (χ2n) is 10.0. The van der Waals surface area contributed by atoms with Gasteiger partial charge < -0.3 is 13.9 Å². The molecule has 10 heteroatoms. The number of halogens is 1. The summed E-state index contributed by atoms with van der Waals surface area (Å²) in [5.41, 5.74) is 2.37. The molecule has 1 aliphatic rings. The number of oxazole rings is 1. The Balaban J connectivity index is 1.37. The molecule has 1 heterocycles. The zero-order valence-electron chi connectivity index (χ0n) is 22.6. The molecule has 1 N–H and O–H groups in total. The van der Waals surface area contributed by atoms with Crippen molar-refractivity contribution < 1.29 is 31.5 Å². The summed E-state index contributed by atoms with van der Waals surface area (Å²) in [6.45, 7) is 2.26. The first-order chi connectivity index (χ1) is 19.2. The lowest BCUT2D eigenvalue weighted by Crippen LogP contribution is -2.15. The van der Waals surface area contributed by atoms with Gasteiger partial charge in [-0.05, 0) is 79.5 Å². The highest BCUT2D eigenvalue weighted by atomic mass is 32.2. The van der Waals surface area contributed by atoms with E-state index in [1.165, 1.54) is 63.0 Å². The Morgan fingerprint density at radius 3 is 2.42 bits per heavy atom. The fourth-order valence-corrected chi connectivity index (χ4v) is 6.35. The summed E-state index contributed by atoms with van der Waals surface area (Å²) in [5.74, 6) is -0.107. The van der Waals surface area contributed by atoms with Crippen molar-refractivity contribution in [3.63, 3.8) is 0 Å². The number of sulfonamides is 1. The minimum atomic E-state index is -4.17. The van der Waals surface area contributed by atoms with Crippen LogP contribution in [0.2, 0.25) is 0 Å². The van der Waals surface area contributed by atoms with Crippen molar-refractivity contribution in [1.82, 2.24) is 4.98 Å². The van der Waals surface area contributed by atoms with Gasteiger partial charge in [-0.15, -0.1) is 0 Å². The van der Waals surface area contributed by atoms with Crippen LogP contribution in [0.1, 0.15) is 60.9 Å². The lowest BCUT2D eigenvalue weighted by molar-refractivity contribution is 0.0595. The predicted molar refractivity (Wildman–Crippen MR) is 150 cm³/mol. The molecule has 1 aliphatic carbocycles. The molecule has 1 fully saturated rings. The van der Waals surface area contributed by atoms with Gasteiger partial charge in [-0.2, -0.15) is 0 Å². The smallest absolute Gasteiger partial charge is 0.340 e. The number of hydrogen-bond donors (Lipinski definition) is 1. The molecule has 3 aromatic carbocycles. The summed E-state index contributed by atoms with van der Waals surface area (Å²) < 4.78 is 58.8. The molecule has 0 amide bonds. The van der Waals surface area contributed by atoms with E-state index in [1.807, 2.05) is 12.1 Å². The first kappa shape index (κ1) is 27.6. The van der Waals surface area contributed by atoms with Crippen molar-refractivity contribution >= 4 is 32.8 Å². The highest BCUT2D eigenvalue weighted by Crippen LogP contribution is 2.38. The van der Waals surface area contributed by atoms with Gasteiger partial charge in [0, 0.05) is 11.6 Å². The van der Waals surface area contributed by atoms with Crippen molar-refractivity contribution in [1.29, 1.82) is 0 Å². The van der Waals surface area contributed by atoms with Gasteiger partial charge in [-0.3, -0.25) is 4.72 Å². The van der Waals surface area contributed by atoms with Crippen LogP contribution >= 0.6 is 0 Å². The van der Waals surface area contributed by atoms with Gasteiger partial charge in [0.1, 0.15) is 17.1 Å². The molecule has 0 saturated heterocycles. The van der Waals surface area contributed by atoms with Crippen LogP contribution in [0.25, 0.3) is 22.6 Å². The number of methoxy groups -OCH3 is 2. The highest BCUT2D eigenvalue weighted by Gasteiger charge is 2.24. The number of carbonyl (C=O) groups is 1. The van der Waals surface area contributed by atoms with Gasteiger partial charge in [0.25, 0.3) is 10.0 Å². The summed E-state index contributed by atoms with van der Waals surface area (Å²) in [6, 6.07) is 14.5. The Morgan fingerprint density at radius 1 is 1.05 bits per heavy atom. The molecule has 0 unspecified atom stereocenters. The van der Waals surface area contributed by atoms with E-state index in [4.69, 9.17) is 9.15 Å². The van der Waals surface area contributed by atoms with Crippen LogP contribution in [-0.4, -0.2) is 33.6 Å². The van der Waals surface area contributed by atoms with Crippen LogP contribution in [0.4, 0.5) is 10.1 Å². The summed E-state index contributed by atoms with van der Waals surface area (Å²) in [6.07, 6.45) is 6.21. The predicted octanol–water partition coefficient (Wildman–Crippen LogP) is 6.91. The summed E-state index contributed by atoms with van der Waals surface area (Å²) in [7, 11) is -1.78. The summed E-state index contributed by atoms with van der Waals surface area (Å²) in [5, 5.41) is 0. The van der Waals surface area contributed by atoms with Gasteiger partial charge in [0.05, 0.1) is 30.4 Å². The Labute approximate surface area is 232 Å². The average molecular weight is 567 g/mol. The summed E-state index contributed by atoms with van der Waals surface area (Å²) >= 11 is 0. The van der Waals surface area contributed by atoms with Crippen molar-refractivity contribution in [2.75, 3.05) is 18.9 Å². The topological polar surface area (TPSA) is 108 Å². The van der Waals surface area contributed by atoms with Gasteiger partial charge in [0.2, 0.25) is 5.89 Å². The zero-order chi connectivity index (χ0) is 28.4. The summed E-state index contributed by atoms with van der Waals surface area (Å²) in [4.78, 5) is 16.2. The Kier molecular flexibility index (Phi) is 7.80. The largest absolute Gasteiger partial charge is 0.495 e. The van der Waals surface area contributed by atoms with Crippen molar-refractivity contribution in [3.05, 3.63) is 71.5 Å². The zero-order valence-corrected chi connectivity index (χ0v) is 23.4. The Hall–Kier alpha value is -3.92. The third kappa shape index (κ3) is 5.54. The molecular formula is C30H31FN2O6S. The molecule has 0 bridgehead atoms. The Morgan fingerprint density at radius 2 is 1.77 bits per heavy atom. The van der Waals surface area contributed by atoms with E-state index >= 15 is 0 Å². The first-order valence-corrected chi connectivity index (χ1v) is 14.7. The number of aromatic nitrogens is 1. The quantitative estimate of drug-likeness (QED) is 0.231. The van der Waals surface area contributed by atoms with E-state index < -0.39 is 21.8 Å². The molecule has 1 aromatic heterocycles. The van der Waals surface area contributed by atoms with Crippen molar-refractivity contribution in [3.8, 4) is 17.2 Å². The average Bonchev–Trinajstić information content (AvgIpc) is 3.40. The van der Waals surface area contributed by atoms with Crippen molar-refractivity contribution in [2.24, 2.45) is 5.92 Å². The molecular weight excluding hydrogens is 535 g/mol. The molecule has 5 rings (SSSR count). The molecule has 0 aliphatic heterocycles. The third-order valence-electron chi connectivity index (χ3n) is 7.66. The third-order valence-corrected chi connectivity index (χ3v) is 9.02. The monoisotopic (exact) mass is 566 g/mol. The van der Waals surface area contributed by atoms with Gasteiger partial charge in [0.15, 0.2) is 5.58 Å². The van der Waals surface area contributed by atoms with E-state index in [2.05, 4.69) is 33.5 Å². The van der Waals surface area contributed by atoms with E-state index in [0.717, 1.165) is 30.7 Å². The van der Waals surface area contributed by atoms with Gasteiger partial charge >= 0.3 is 5.97 Å². The van der Waals surface area contributed by atoms with Crippen LogP contribution in [0, 0.1) is 11.7 Å². The van der Waals surface area contributed by atoms with Crippen LogP contribution < -0.4 is 9.46 Å². The van der Waals surface area contributed by atoms with Gasteiger partial charge in [-0.1, -0.05) is 25.5 Å². The number of esters is 1. The second kappa shape index (κ2) is 11.3. The molecule has 210 valence electrons. The van der Waals surface area contributed by atoms with E-state index in [1.54, 1.807) is 0 Å². The maximum Gasteiger partial charge on any atom is 0.340 e. The number of benzene rings is 3. The number of nitrogens with one attached hydrogen (secondary N) is 1. The molecule has 4 aromatic rings. The lowest BCUT2D eigenvalue weighted by Gasteiger charge is -2.28. The molecule has 0 atom stereocenters. The number of nitrogens with zero attached hydrogens (tertiary/aromatic N) is 1. The maximum atomic E-state index is 14.5. The Bertz CT molecular complexity index is 1640. The molecule has 1 saturated carbocycles. The van der Waals surface area contributed by atoms with Crippen LogP contribution in [0.5, 0.6) is 5.75 Å². The van der Waals surface area contributed by atoms with E-state index in [-0.39, 0.29) is 21.9 Å². The minimum absolute atomic E-state index is 0.0444. The maximum absolute atomic E-state index is 14.5. The minimum Gasteiger partial charge on any atom is -0.495 e. The fraction of sp³-hybridized carbons (Fsp3) is 0.333. The van der Waals surface area contributed by atoms with E-state index in [9.17, 15) is 17.6 Å². The standard InChI is InChI=1S/C30H31FN2O6S/c1-4-18-5-7-19(8-6-18)20-9-11-21(12-10-20)29-32-25-15-22(13-14-27(25)39-29)40(35,36)33-26-17-24(31)23(30(34)38-3)16-28(26)37-2/h9-19,33H,4-8H2,1-3H3. The highest BCUT2D eigenvalue weighted by molar-refractivity contribution is 7.92. The molecule has 0 radical (unpaired) electrons. The normalized spacial score (nSPS) is 17.5. The number of carbonyl (C=O) groups excluding carboxylic acids is 1. The number of rotatable bonds is 8. The number of fused-ring (bicyclic) bond motifs is 1. The lowest BCUT2D eigenvalue weighted by atomic mass is 9.78. The SMILES string of the molecule is CCC1CCC(c2ccc(-c3nc4cc(S(=O)(=O)Nc5cc(F)c(C(=O)OC)cc5OC)ccc4o3)cc2)CC1. The van der Waals surface area contributed by atoms with Crippen molar-refractivity contribution in [2.45, 2.75) is 49.8 Å². The first-order valence-electron chi connectivity index (χ1n) is 13.2.